The van der Waals surface area contributed by atoms with Gasteiger partial charge in [-0.25, -0.2) is 0 Å². The van der Waals surface area contributed by atoms with E-state index in [0.717, 1.165) is 43.9 Å². The average Bonchev–Trinajstić information content (AvgIpc) is 2.99. The fraction of sp³-hybridized carbons (Fsp3) is 0.556. The molecule has 0 fully saturated rings. The lowest BCUT2D eigenvalue weighted by Gasteiger charge is -2.21. The van der Waals surface area contributed by atoms with Gasteiger partial charge < -0.3 is 20.0 Å². The van der Waals surface area contributed by atoms with Gasteiger partial charge in [-0.15, -0.1) is 30.6 Å². The normalized spacial score (nSPS) is 10.8. The van der Waals surface area contributed by atoms with Crippen molar-refractivity contribution < 1.29 is 9.21 Å². The van der Waals surface area contributed by atoms with Gasteiger partial charge in [0.1, 0.15) is 0 Å². The van der Waals surface area contributed by atoms with Crippen LogP contribution in [0.1, 0.15) is 42.3 Å². The van der Waals surface area contributed by atoms with E-state index in [1.165, 1.54) is 6.26 Å². The molecule has 6 nitrogen and oxygen atoms in total. The maximum atomic E-state index is 11.9. The fourth-order valence-electron chi connectivity index (χ4n) is 2.20. The first kappa shape index (κ1) is 23.5. The predicted molar refractivity (Wildman–Crippen MR) is 114 cm³/mol. The maximum absolute atomic E-state index is 11.9. The number of carbonyl (C=O) groups is 1. The van der Waals surface area contributed by atoms with Gasteiger partial charge in [-0.05, 0) is 39.2 Å². The number of allylic oxidation sites excluding steroid dienone is 1. The number of aliphatic imine (C=N–C) groups is 1. The number of nitrogens with one attached hydrogen (secondary N) is 2. The minimum atomic E-state index is -0.171. The summed E-state index contributed by atoms with van der Waals surface area (Å²) >= 11 is 0. The molecule has 2 N–H and O–H groups in total. The van der Waals surface area contributed by atoms with Gasteiger partial charge in [-0.1, -0.05) is 6.08 Å². The monoisotopic (exact) mass is 462 g/mol. The SMILES string of the molecule is C=CCCCN(C)C(=NCCCNC(=O)c1occc1C)NCC.I. The van der Waals surface area contributed by atoms with Gasteiger partial charge in [0.15, 0.2) is 11.7 Å². The van der Waals surface area contributed by atoms with Crippen LogP contribution < -0.4 is 10.6 Å². The molecule has 7 heteroatoms. The first-order valence-electron chi connectivity index (χ1n) is 8.52. The van der Waals surface area contributed by atoms with E-state index >= 15 is 0 Å². The highest BCUT2D eigenvalue weighted by atomic mass is 127. The highest BCUT2D eigenvalue weighted by Crippen LogP contribution is 2.07. The molecule has 1 aromatic heterocycles. The molecule has 0 atom stereocenters. The van der Waals surface area contributed by atoms with Crippen molar-refractivity contribution in [3.05, 3.63) is 36.3 Å². The number of rotatable bonds is 10. The number of guanidine groups is 1. The van der Waals surface area contributed by atoms with Crippen molar-refractivity contribution in [3.63, 3.8) is 0 Å². The molecule has 0 spiro atoms. The molecular weight excluding hydrogens is 431 g/mol. The van der Waals surface area contributed by atoms with Crippen LogP contribution in [0, 0.1) is 6.92 Å². The Morgan fingerprint density at radius 3 is 2.76 bits per heavy atom. The highest BCUT2D eigenvalue weighted by molar-refractivity contribution is 14.0. The quantitative estimate of drug-likeness (QED) is 0.184. The van der Waals surface area contributed by atoms with E-state index in [1.54, 1.807) is 6.07 Å². The van der Waals surface area contributed by atoms with Gasteiger partial charge in [0.05, 0.1) is 6.26 Å². The Balaban J connectivity index is 0.00000576. The molecule has 0 saturated heterocycles. The molecular formula is C18H31IN4O2. The van der Waals surface area contributed by atoms with Gasteiger partial charge in [0.2, 0.25) is 0 Å². The van der Waals surface area contributed by atoms with Gasteiger partial charge in [-0.3, -0.25) is 9.79 Å². The second-order valence-corrected chi connectivity index (χ2v) is 5.63. The molecule has 1 amide bonds. The third-order valence-corrected chi connectivity index (χ3v) is 3.55. The molecule has 0 radical (unpaired) electrons. The first-order chi connectivity index (χ1) is 11.6. The summed E-state index contributed by atoms with van der Waals surface area (Å²) in [6, 6.07) is 1.78. The number of aryl methyl sites for hydroxylation is 1. The number of hydrogen-bond donors (Lipinski definition) is 2. The summed E-state index contributed by atoms with van der Waals surface area (Å²) in [5.41, 5.74) is 0.848. The largest absolute Gasteiger partial charge is 0.459 e. The van der Waals surface area contributed by atoms with Crippen LogP contribution in [0.4, 0.5) is 0 Å². The van der Waals surface area contributed by atoms with E-state index in [4.69, 9.17) is 4.42 Å². The van der Waals surface area contributed by atoms with Gasteiger partial charge in [-0.2, -0.15) is 0 Å². The fourth-order valence-corrected chi connectivity index (χ4v) is 2.20. The summed E-state index contributed by atoms with van der Waals surface area (Å²) in [6.07, 6.45) is 6.30. The zero-order valence-electron chi connectivity index (χ0n) is 15.5. The molecule has 25 heavy (non-hydrogen) atoms. The van der Waals surface area contributed by atoms with Crippen molar-refractivity contribution in [1.82, 2.24) is 15.5 Å². The number of nitrogens with zero attached hydrogens (tertiary/aromatic N) is 2. The molecule has 0 bridgehead atoms. The molecule has 0 saturated carbocycles. The minimum Gasteiger partial charge on any atom is -0.459 e. The summed E-state index contributed by atoms with van der Waals surface area (Å²) in [6.45, 7) is 10.6. The highest BCUT2D eigenvalue weighted by Gasteiger charge is 2.11. The molecule has 1 heterocycles. The zero-order valence-corrected chi connectivity index (χ0v) is 17.8. The van der Waals surface area contributed by atoms with E-state index in [2.05, 4.69) is 34.0 Å². The number of hydrogen-bond acceptors (Lipinski definition) is 3. The van der Waals surface area contributed by atoms with Crippen molar-refractivity contribution in [3.8, 4) is 0 Å². The topological polar surface area (TPSA) is 69.9 Å². The number of amides is 1. The number of carbonyl (C=O) groups excluding carboxylic acids is 1. The van der Waals surface area contributed by atoms with Crippen LogP contribution in [-0.4, -0.2) is 50.0 Å². The van der Waals surface area contributed by atoms with E-state index < -0.39 is 0 Å². The smallest absolute Gasteiger partial charge is 0.287 e. The third kappa shape index (κ3) is 8.94. The standard InChI is InChI=1S/C18H30N4O2.HI/c1-5-7-8-13-22(4)18(19-6-2)21-12-9-11-20-17(23)16-15(3)10-14-24-16;/h5,10,14H,1,6-9,11-13H2,2-4H3,(H,19,21)(H,20,23);1H. The Bertz CT molecular complexity index is 543. The summed E-state index contributed by atoms with van der Waals surface area (Å²) in [4.78, 5) is 18.6. The van der Waals surface area contributed by atoms with Gasteiger partial charge in [0.25, 0.3) is 5.91 Å². The van der Waals surface area contributed by atoms with Crippen molar-refractivity contribution in [2.75, 3.05) is 33.2 Å². The Morgan fingerprint density at radius 1 is 1.40 bits per heavy atom. The van der Waals surface area contributed by atoms with Crippen molar-refractivity contribution >= 4 is 35.8 Å². The minimum absolute atomic E-state index is 0. The van der Waals surface area contributed by atoms with E-state index in [1.807, 2.05) is 20.0 Å². The summed E-state index contributed by atoms with van der Waals surface area (Å²) in [5.74, 6) is 1.11. The zero-order chi connectivity index (χ0) is 17.8. The lowest BCUT2D eigenvalue weighted by molar-refractivity contribution is 0.0925. The Kier molecular flexibility index (Phi) is 12.9. The maximum Gasteiger partial charge on any atom is 0.287 e. The molecule has 0 aliphatic rings. The van der Waals surface area contributed by atoms with Crippen molar-refractivity contribution in [1.29, 1.82) is 0 Å². The summed E-state index contributed by atoms with van der Waals surface area (Å²) in [7, 11) is 2.03. The van der Waals surface area contributed by atoms with Crippen LogP contribution in [0.3, 0.4) is 0 Å². The molecule has 1 rings (SSSR count). The van der Waals surface area contributed by atoms with Crippen LogP contribution in [0.15, 0.2) is 34.4 Å². The van der Waals surface area contributed by atoms with Crippen LogP contribution in [0.2, 0.25) is 0 Å². The van der Waals surface area contributed by atoms with Gasteiger partial charge in [0, 0.05) is 38.8 Å². The van der Waals surface area contributed by atoms with Crippen molar-refractivity contribution in [2.45, 2.75) is 33.1 Å². The number of halogens is 1. The van der Waals surface area contributed by atoms with Crippen LogP contribution >= 0.6 is 24.0 Å². The molecule has 0 aliphatic carbocycles. The Hall–Kier alpha value is -1.51. The van der Waals surface area contributed by atoms with Gasteiger partial charge >= 0.3 is 0 Å². The lowest BCUT2D eigenvalue weighted by atomic mass is 10.2. The molecule has 0 aliphatic heterocycles. The van der Waals surface area contributed by atoms with Crippen LogP contribution in [0.25, 0.3) is 0 Å². The van der Waals surface area contributed by atoms with Crippen molar-refractivity contribution in [2.24, 2.45) is 4.99 Å². The Morgan fingerprint density at radius 2 is 2.16 bits per heavy atom. The average molecular weight is 462 g/mol. The van der Waals surface area contributed by atoms with Crippen LogP contribution in [-0.2, 0) is 0 Å². The summed E-state index contributed by atoms with van der Waals surface area (Å²) < 4.78 is 5.17. The molecule has 0 aromatic carbocycles. The predicted octanol–water partition coefficient (Wildman–Crippen LogP) is 3.19. The molecule has 1 aromatic rings. The number of furan rings is 1. The second kappa shape index (κ2) is 13.7. The Labute approximate surface area is 168 Å². The summed E-state index contributed by atoms with van der Waals surface area (Å²) in [5, 5.41) is 6.14. The number of unbranched alkanes of at least 4 members (excludes halogenated alkanes) is 1. The van der Waals surface area contributed by atoms with E-state index in [9.17, 15) is 4.79 Å². The van der Waals surface area contributed by atoms with E-state index in [-0.39, 0.29) is 29.9 Å². The third-order valence-electron chi connectivity index (χ3n) is 3.55. The van der Waals surface area contributed by atoms with Crippen LogP contribution in [0.5, 0.6) is 0 Å². The van der Waals surface area contributed by atoms with E-state index in [0.29, 0.717) is 18.8 Å². The molecule has 142 valence electrons. The lowest BCUT2D eigenvalue weighted by Crippen LogP contribution is -2.39. The first-order valence-corrected chi connectivity index (χ1v) is 8.52. The second-order valence-electron chi connectivity index (χ2n) is 5.63. The molecule has 0 unspecified atom stereocenters.